The fourth-order valence-corrected chi connectivity index (χ4v) is 9.00. The van der Waals surface area contributed by atoms with Gasteiger partial charge in [0.15, 0.2) is 0 Å². The summed E-state index contributed by atoms with van der Waals surface area (Å²) in [5.74, 6) is 2.02. The number of hydrogen-bond acceptors (Lipinski definition) is 3. The summed E-state index contributed by atoms with van der Waals surface area (Å²) in [5.41, 5.74) is 0.503. The van der Waals surface area contributed by atoms with E-state index in [0.29, 0.717) is 35.5 Å². The second kappa shape index (κ2) is 7.51. The molecule has 4 nitrogen and oxygen atoms in total. The summed E-state index contributed by atoms with van der Waals surface area (Å²) in [7, 11) is 0. The number of rotatable bonds is 4. The molecule has 4 heteroatoms. The van der Waals surface area contributed by atoms with Crippen molar-refractivity contribution in [2.24, 2.45) is 52.3 Å². The van der Waals surface area contributed by atoms with Crippen LogP contribution in [0.3, 0.4) is 0 Å². The molecule has 3 N–H and O–H groups in total. The monoisotopic (exact) mass is 406 g/mol. The molecule has 0 aromatic rings. The minimum absolute atomic E-state index is 0.182. The van der Waals surface area contributed by atoms with Gasteiger partial charge in [0.25, 0.3) is 0 Å². The third-order valence-corrected chi connectivity index (χ3v) is 10.6. The molecule has 4 saturated carbocycles. The summed E-state index contributed by atoms with van der Waals surface area (Å²) >= 11 is 0. The lowest BCUT2D eigenvalue weighted by molar-refractivity contribution is -0.174. The summed E-state index contributed by atoms with van der Waals surface area (Å²) in [6, 6.07) is 0. The maximum atomic E-state index is 11.4. The maximum absolute atomic E-state index is 11.4. The molecule has 0 aromatic heterocycles. The Bertz CT molecular complexity index is 634. The van der Waals surface area contributed by atoms with Crippen LogP contribution in [0.1, 0.15) is 85.5 Å². The molecule has 4 aliphatic rings. The Morgan fingerprint density at radius 2 is 1.62 bits per heavy atom. The Kier molecular flexibility index (Phi) is 5.60. The predicted octanol–water partition coefficient (Wildman–Crippen LogP) is 4.72. The minimum atomic E-state index is -0.679. The second-order valence-electron chi connectivity index (χ2n) is 11.9. The van der Waals surface area contributed by atoms with Crippen molar-refractivity contribution in [3.63, 3.8) is 0 Å². The Labute approximate surface area is 176 Å². The van der Waals surface area contributed by atoms with Crippen LogP contribution in [-0.2, 0) is 4.79 Å². The van der Waals surface area contributed by atoms with E-state index in [4.69, 9.17) is 0 Å². The van der Waals surface area contributed by atoms with Gasteiger partial charge in [0.1, 0.15) is 0 Å². The van der Waals surface area contributed by atoms with Gasteiger partial charge in [0.2, 0.25) is 0 Å². The lowest BCUT2D eigenvalue weighted by Crippen LogP contribution is -2.58. The smallest absolute Gasteiger partial charge is 0.306 e. The summed E-state index contributed by atoms with van der Waals surface area (Å²) in [4.78, 5) is 11.4. The second-order valence-corrected chi connectivity index (χ2v) is 11.9. The molecule has 11 atom stereocenters. The highest BCUT2D eigenvalue weighted by molar-refractivity contribution is 5.69. The zero-order valence-electron chi connectivity index (χ0n) is 18.8. The molecule has 166 valence electrons. The number of carbonyl (C=O) groups is 1. The van der Waals surface area contributed by atoms with Crippen molar-refractivity contribution in [3.05, 3.63) is 0 Å². The van der Waals surface area contributed by atoms with Crippen LogP contribution in [-0.4, -0.2) is 33.5 Å². The first kappa shape index (κ1) is 21.6. The average Bonchev–Trinajstić information content (AvgIpc) is 3.00. The number of aliphatic hydroxyl groups excluding tert-OH is 2. The Balaban J connectivity index is 1.56. The third kappa shape index (κ3) is 3.37. The molecular weight excluding hydrogens is 364 g/mol. The van der Waals surface area contributed by atoms with Crippen molar-refractivity contribution in [3.8, 4) is 0 Å². The zero-order chi connectivity index (χ0) is 21.1. The number of carboxylic acid groups (broad SMARTS) is 1. The Hall–Kier alpha value is -0.610. The van der Waals surface area contributed by atoms with E-state index in [9.17, 15) is 20.1 Å². The first-order chi connectivity index (χ1) is 13.6. The highest BCUT2D eigenvalue weighted by Gasteiger charge is 2.62. The van der Waals surface area contributed by atoms with Crippen molar-refractivity contribution in [1.29, 1.82) is 0 Å². The molecule has 0 aromatic carbocycles. The first-order valence-corrected chi connectivity index (χ1v) is 12.2. The molecular formula is C25H42O4. The van der Waals surface area contributed by atoms with Gasteiger partial charge < -0.3 is 15.3 Å². The molecule has 4 rings (SSSR count). The zero-order valence-corrected chi connectivity index (χ0v) is 18.8. The lowest BCUT2D eigenvalue weighted by Gasteiger charge is -2.62. The predicted molar refractivity (Wildman–Crippen MR) is 113 cm³/mol. The van der Waals surface area contributed by atoms with Crippen LogP contribution in [0.5, 0.6) is 0 Å². The van der Waals surface area contributed by atoms with Gasteiger partial charge >= 0.3 is 5.97 Å². The quantitative estimate of drug-likeness (QED) is 0.631. The third-order valence-electron chi connectivity index (χ3n) is 10.6. The summed E-state index contributed by atoms with van der Waals surface area (Å²) in [6.45, 7) is 9.02. The minimum Gasteiger partial charge on any atom is -0.481 e. The van der Waals surface area contributed by atoms with Gasteiger partial charge in [-0.25, -0.2) is 0 Å². The van der Waals surface area contributed by atoms with Gasteiger partial charge in [0, 0.05) is 0 Å². The molecule has 0 heterocycles. The highest BCUT2D eigenvalue weighted by Crippen LogP contribution is 2.68. The van der Waals surface area contributed by atoms with Crippen molar-refractivity contribution in [2.75, 3.05) is 0 Å². The standard InChI is InChI=1S/C25H42O4/c1-14(11-15(2)23(28)29)18-5-6-19-22-20(8-10-25(18,19)4)24(3)9-7-17(26)12-16(24)13-21(22)27/h14-22,26-27H,5-13H2,1-4H3,(H,28,29)/t14-,15-,16+,17-,18?,19?,20?,21-,22?,24+,25-/m1/s1. The van der Waals surface area contributed by atoms with E-state index in [1.807, 2.05) is 6.92 Å². The van der Waals surface area contributed by atoms with Crippen molar-refractivity contribution < 1.29 is 20.1 Å². The first-order valence-electron chi connectivity index (χ1n) is 12.2. The van der Waals surface area contributed by atoms with E-state index in [1.165, 1.54) is 25.7 Å². The number of hydrogen-bond donors (Lipinski definition) is 3. The van der Waals surface area contributed by atoms with Gasteiger partial charge in [-0.2, -0.15) is 0 Å². The van der Waals surface area contributed by atoms with Crippen molar-refractivity contribution in [2.45, 2.75) is 97.7 Å². The average molecular weight is 407 g/mol. The summed E-state index contributed by atoms with van der Waals surface area (Å²) in [5, 5.41) is 30.9. The Morgan fingerprint density at radius 1 is 0.966 bits per heavy atom. The van der Waals surface area contributed by atoms with Gasteiger partial charge in [0.05, 0.1) is 18.1 Å². The van der Waals surface area contributed by atoms with Gasteiger partial charge in [-0.1, -0.05) is 27.7 Å². The van der Waals surface area contributed by atoms with Crippen LogP contribution in [0.4, 0.5) is 0 Å². The van der Waals surface area contributed by atoms with Crippen LogP contribution < -0.4 is 0 Å². The van der Waals surface area contributed by atoms with Crippen LogP contribution in [0, 0.1) is 52.3 Å². The fourth-order valence-electron chi connectivity index (χ4n) is 9.00. The normalized spacial score (nSPS) is 51.4. The molecule has 4 unspecified atom stereocenters. The van der Waals surface area contributed by atoms with Gasteiger partial charge in [-0.05, 0) is 104 Å². The van der Waals surface area contributed by atoms with E-state index in [2.05, 4.69) is 20.8 Å². The van der Waals surface area contributed by atoms with Crippen molar-refractivity contribution in [1.82, 2.24) is 0 Å². The maximum Gasteiger partial charge on any atom is 0.306 e. The topological polar surface area (TPSA) is 77.8 Å². The van der Waals surface area contributed by atoms with Gasteiger partial charge in [-0.3, -0.25) is 4.79 Å². The molecule has 4 aliphatic carbocycles. The fraction of sp³-hybridized carbons (Fsp3) is 0.960. The van der Waals surface area contributed by atoms with Crippen LogP contribution >= 0.6 is 0 Å². The van der Waals surface area contributed by atoms with E-state index >= 15 is 0 Å². The van der Waals surface area contributed by atoms with E-state index in [0.717, 1.165) is 32.1 Å². The molecule has 0 amide bonds. The number of carboxylic acids is 1. The van der Waals surface area contributed by atoms with Gasteiger partial charge in [-0.15, -0.1) is 0 Å². The molecule has 0 spiro atoms. The molecule has 4 fully saturated rings. The van der Waals surface area contributed by atoms with Crippen LogP contribution in [0.2, 0.25) is 0 Å². The number of fused-ring (bicyclic) bond motifs is 5. The molecule has 0 aliphatic heterocycles. The Morgan fingerprint density at radius 3 is 2.31 bits per heavy atom. The number of aliphatic carboxylic acids is 1. The molecule has 0 saturated heterocycles. The lowest BCUT2D eigenvalue weighted by atomic mass is 9.43. The largest absolute Gasteiger partial charge is 0.481 e. The number of aliphatic hydroxyl groups is 2. The molecule has 0 bridgehead atoms. The summed E-state index contributed by atoms with van der Waals surface area (Å²) < 4.78 is 0. The molecule has 29 heavy (non-hydrogen) atoms. The van der Waals surface area contributed by atoms with E-state index < -0.39 is 5.97 Å². The SMILES string of the molecule is C[C@H](C[C@@H](C)C1CCC2C3C(CC[C@@]21C)[C@@]1(C)CC[C@@H](O)C[C@H]1C[C@H]3O)C(=O)O. The van der Waals surface area contributed by atoms with E-state index in [1.54, 1.807) is 0 Å². The summed E-state index contributed by atoms with van der Waals surface area (Å²) in [6.07, 6.45) is 8.87. The van der Waals surface area contributed by atoms with E-state index in [-0.39, 0.29) is 29.0 Å². The van der Waals surface area contributed by atoms with Crippen molar-refractivity contribution >= 4 is 5.97 Å². The van der Waals surface area contributed by atoms with Crippen LogP contribution in [0.15, 0.2) is 0 Å². The molecule has 0 radical (unpaired) electrons. The van der Waals surface area contributed by atoms with Crippen LogP contribution in [0.25, 0.3) is 0 Å². The highest BCUT2D eigenvalue weighted by atomic mass is 16.4.